The van der Waals surface area contributed by atoms with E-state index in [0.29, 0.717) is 32.1 Å². The highest BCUT2D eigenvalue weighted by Crippen LogP contribution is 2.31. The van der Waals surface area contributed by atoms with Crippen molar-refractivity contribution in [3.63, 3.8) is 0 Å². The Hall–Kier alpha value is -2.45. The Morgan fingerprint density at radius 1 is 1.25 bits per heavy atom. The molecule has 172 valence electrons. The maximum Gasteiger partial charge on any atom is 0.222 e. The van der Waals surface area contributed by atoms with E-state index in [1.165, 1.54) is 18.1 Å². The van der Waals surface area contributed by atoms with Gasteiger partial charge in [0.25, 0.3) is 0 Å². The summed E-state index contributed by atoms with van der Waals surface area (Å²) in [6.45, 7) is 4.16. The number of benzene rings is 1. The number of hydrogen-bond acceptors (Lipinski definition) is 5. The molecule has 2 aliphatic heterocycles. The van der Waals surface area contributed by atoms with Gasteiger partial charge in [-0.15, -0.1) is 11.3 Å². The van der Waals surface area contributed by atoms with Crippen molar-refractivity contribution in [1.29, 1.82) is 0 Å². The van der Waals surface area contributed by atoms with Crippen LogP contribution in [-0.4, -0.2) is 60.4 Å². The van der Waals surface area contributed by atoms with E-state index in [4.69, 9.17) is 4.74 Å². The molecule has 6 nitrogen and oxygen atoms in total. The van der Waals surface area contributed by atoms with E-state index < -0.39 is 11.4 Å². The van der Waals surface area contributed by atoms with Crippen molar-refractivity contribution in [1.82, 2.24) is 15.1 Å². The second-order valence-corrected chi connectivity index (χ2v) is 9.74. The average molecular weight is 460 g/mol. The molecule has 0 saturated carbocycles. The molecule has 1 N–H and O–H groups in total. The molecule has 0 aliphatic carbocycles. The Kier molecular flexibility index (Phi) is 7.10. The Morgan fingerprint density at radius 2 is 2.06 bits per heavy atom. The summed E-state index contributed by atoms with van der Waals surface area (Å²) >= 11 is 1.76. The molecule has 1 aromatic heterocycles. The molecule has 8 heteroatoms. The van der Waals surface area contributed by atoms with E-state index >= 15 is 0 Å². The van der Waals surface area contributed by atoms with Gasteiger partial charge in [0.05, 0.1) is 7.11 Å². The second-order valence-electron chi connectivity index (χ2n) is 8.71. The maximum atomic E-state index is 13.8. The number of nitrogens with one attached hydrogen (secondary N) is 1. The van der Waals surface area contributed by atoms with Crippen molar-refractivity contribution in [3.8, 4) is 5.75 Å². The van der Waals surface area contributed by atoms with Gasteiger partial charge >= 0.3 is 0 Å². The predicted molar refractivity (Wildman–Crippen MR) is 122 cm³/mol. The summed E-state index contributed by atoms with van der Waals surface area (Å²) in [7, 11) is 1.44. The van der Waals surface area contributed by atoms with E-state index in [9.17, 15) is 14.0 Å². The van der Waals surface area contributed by atoms with Gasteiger partial charge in [-0.2, -0.15) is 0 Å². The van der Waals surface area contributed by atoms with Crippen LogP contribution < -0.4 is 10.1 Å². The summed E-state index contributed by atoms with van der Waals surface area (Å²) in [6, 6.07) is 9.00. The molecule has 2 saturated heterocycles. The van der Waals surface area contributed by atoms with E-state index in [-0.39, 0.29) is 17.6 Å². The number of thiophene rings is 1. The van der Waals surface area contributed by atoms with E-state index in [1.54, 1.807) is 23.5 Å². The molecule has 3 heterocycles. The molecule has 2 aromatic rings. The third kappa shape index (κ3) is 5.48. The van der Waals surface area contributed by atoms with E-state index in [0.717, 1.165) is 38.3 Å². The van der Waals surface area contributed by atoms with Crippen LogP contribution in [0.1, 0.15) is 36.1 Å². The fourth-order valence-corrected chi connectivity index (χ4v) is 5.42. The van der Waals surface area contributed by atoms with Gasteiger partial charge < -0.3 is 15.0 Å². The number of piperazine rings is 1. The van der Waals surface area contributed by atoms with Gasteiger partial charge in [-0.3, -0.25) is 14.5 Å². The lowest BCUT2D eigenvalue weighted by atomic mass is 9.84. The summed E-state index contributed by atoms with van der Waals surface area (Å²) in [6.07, 6.45) is 2.65. The zero-order valence-electron chi connectivity index (χ0n) is 18.4. The van der Waals surface area contributed by atoms with Crippen molar-refractivity contribution in [2.75, 3.05) is 33.3 Å². The fraction of sp³-hybridized carbons (Fsp3) is 0.500. The minimum absolute atomic E-state index is 0.00807. The largest absolute Gasteiger partial charge is 0.494 e. The Balaban J connectivity index is 1.32. The van der Waals surface area contributed by atoms with Gasteiger partial charge in [-0.25, -0.2) is 4.39 Å². The lowest BCUT2D eigenvalue weighted by Gasteiger charge is -2.35. The minimum Gasteiger partial charge on any atom is -0.494 e. The molecule has 1 atom stereocenters. The quantitative estimate of drug-likeness (QED) is 0.659. The summed E-state index contributed by atoms with van der Waals surface area (Å²) in [5, 5.41) is 5.20. The van der Waals surface area contributed by atoms with E-state index in [1.807, 2.05) is 4.90 Å². The topological polar surface area (TPSA) is 61.9 Å². The molecule has 32 heavy (non-hydrogen) atoms. The lowest BCUT2D eigenvalue weighted by Crippen LogP contribution is -2.49. The SMILES string of the molecule is COc1cc(CC2(CCC(=O)N3CCN(Cc4cccs4)CC3)CCC(=O)N2)ccc1F. The minimum atomic E-state index is -0.476. The highest BCUT2D eigenvalue weighted by Gasteiger charge is 2.38. The number of carbonyl (C=O) groups is 2. The zero-order chi connectivity index (χ0) is 22.6. The summed E-state index contributed by atoms with van der Waals surface area (Å²) in [5.74, 6) is -0.0701. The number of hydrogen-bond donors (Lipinski definition) is 1. The van der Waals surface area contributed by atoms with Crippen LogP contribution in [0, 0.1) is 5.82 Å². The molecule has 2 fully saturated rings. The number of carbonyl (C=O) groups excluding carboxylic acids is 2. The Bertz CT molecular complexity index is 944. The lowest BCUT2D eigenvalue weighted by molar-refractivity contribution is -0.133. The van der Waals surface area contributed by atoms with Crippen LogP contribution in [0.2, 0.25) is 0 Å². The van der Waals surface area contributed by atoms with Gasteiger partial charge in [0.15, 0.2) is 11.6 Å². The van der Waals surface area contributed by atoms with Crippen molar-refractivity contribution >= 4 is 23.2 Å². The highest BCUT2D eigenvalue weighted by atomic mass is 32.1. The molecule has 1 unspecified atom stereocenters. The van der Waals surface area contributed by atoms with Gasteiger partial charge in [-0.05, 0) is 48.4 Å². The van der Waals surface area contributed by atoms with Gasteiger partial charge in [0.1, 0.15) is 0 Å². The number of methoxy groups -OCH3 is 1. The summed E-state index contributed by atoms with van der Waals surface area (Å²) < 4.78 is 18.9. The highest BCUT2D eigenvalue weighted by molar-refractivity contribution is 7.09. The van der Waals surface area contributed by atoms with Crippen LogP contribution in [0.5, 0.6) is 5.75 Å². The molecule has 0 radical (unpaired) electrons. The molecular weight excluding hydrogens is 429 g/mol. The van der Waals surface area contributed by atoms with Crippen LogP contribution in [0.4, 0.5) is 4.39 Å². The number of nitrogens with zero attached hydrogens (tertiary/aromatic N) is 2. The molecule has 2 amide bonds. The second kappa shape index (κ2) is 10.0. The third-order valence-electron chi connectivity index (χ3n) is 6.50. The van der Waals surface area contributed by atoms with Crippen LogP contribution in [0.15, 0.2) is 35.7 Å². The monoisotopic (exact) mass is 459 g/mol. The standard InChI is InChI=1S/C24H30FN3O3S/c1-31-21-15-18(4-5-20(21)25)16-24(8-6-22(29)26-24)9-7-23(30)28-12-10-27(11-13-28)17-19-3-2-14-32-19/h2-5,14-15H,6-13,16-17H2,1H3,(H,26,29). The van der Waals surface area contributed by atoms with Crippen molar-refractivity contribution in [2.45, 2.75) is 44.2 Å². The zero-order valence-corrected chi connectivity index (χ0v) is 19.3. The van der Waals surface area contributed by atoms with Gasteiger partial charge in [0.2, 0.25) is 11.8 Å². The number of rotatable bonds is 8. The van der Waals surface area contributed by atoms with Crippen LogP contribution in [0.3, 0.4) is 0 Å². The van der Waals surface area contributed by atoms with Crippen LogP contribution >= 0.6 is 11.3 Å². The average Bonchev–Trinajstić information content (AvgIpc) is 3.44. The van der Waals surface area contributed by atoms with E-state index in [2.05, 4.69) is 27.7 Å². The van der Waals surface area contributed by atoms with Crippen LogP contribution in [-0.2, 0) is 22.6 Å². The predicted octanol–water partition coefficient (Wildman–Crippen LogP) is 3.21. The molecular formula is C24H30FN3O3S. The summed E-state index contributed by atoms with van der Waals surface area (Å²) in [4.78, 5) is 30.6. The first kappa shape index (κ1) is 22.7. The molecule has 0 spiro atoms. The fourth-order valence-electron chi connectivity index (χ4n) is 4.67. The molecule has 4 rings (SSSR count). The van der Waals surface area contributed by atoms with Crippen molar-refractivity contribution < 1.29 is 18.7 Å². The Morgan fingerprint density at radius 3 is 2.72 bits per heavy atom. The Labute approximate surface area is 192 Å². The first-order valence-electron chi connectivity index (χ1n) is 11.1. The molecule has 1 aromatic carbocycles. The van der Waals surface area contributed by atoms with Crippen molar-refractivity contribution in [2.24, 2.45) is 0 Å². The molecule has 0 bridgehead atoms. The summed E-state index contributed by atoms with van der Waals surface area (Å²) in [5.41, 5.74) is 0.413. The number of amides is 2. The normalized spacial score (nSPS) is 21.6. The van der Waals surface area contributed by atoms with Crippen molar-refractivity contribution in [3.05, 3.63) is 52.0 Å². The molecule has 2 aliphatic rings. The first-order valence-corrected chi connectivity index (χ1v) is 12.0. The third-order valence-corrected chi connectivity index (χ3v) is 7.36. The first-order chi connectivity index (χ1) is 15.5. The van der Waals surface area contributed by atoms with Gasteiger partial charge in [0, 0.05) is 56.0 Å². The number of ether oxygens (including phenoxy) is 1. The maximum absolute atomic E-state index is 13.8. The number of halogens is 1. The van der Waals surface area contributed by atoms with Crippen LogP contribution in [0.25, 0.3) is 0 Å². The van der Waals surface area contributed by atoms with Gasteiger partial charge in [-0.1, -0.05) is 12.1 Å². The smallest absolute Gasteiger partial charge is 0.222 e.